The molecule has 1 atom stereocenters. The Bertz CT molecular complexity index is 1540. The van der Waals surface area contributed by atoms with Gasteiger partial charge in [0.05, 0.1) is 16.8 Å². The summed E-state index contributed by atoms with van der Waals surface area (Å²) in [5.74, 6) is 0.587. The van der Waals surface area contributed by atoms with Crippen molar-refractivity contribution in [1.82, 2.24) is 19.4 Å². The maximum atomic E-state index is 13.8. The van der Waals surface area contributed by atoms with Crippen LogP contribution in [0.2, 0.25) is 0 Å². The molecular weight excluding hydrogens is 486 g/mol. The zero-order valence-corrected chi connectivity index (χ0v) is 20.8. The molecule has 0 radical (unpaired) electrons. The second kappa shape index (κ2) is 9.94. The molecule has 5 rings (SSSR count). The Labute approximate surface area is 210 Å². The first-order valence-corrected chi connectivity index (χ1v) is 12.6. The highest BCUT2D eigenvalue weighted by atomic mass is 32.1. The lowest BCUT2D eigenvalue weighted by atomic mass is 9.98. The number of hydrogen-bond donors (Lipinski definition) is 1. The molecule has 1 fully saturated rings. The van der Waals surface area contributed by atoms with Crippen molar-refractivity contribution in [1.29, 1.82) is 0 Å². The van der Waals surface area contributed by atoms with Gasteiger partial charge in [0.15, 0.2) is 0 Å². The number of fused-ring (bicyclic) bond motifs is 1. The van der Waals surface area contributed by atoms with Crippen LogP contribution in [0.1, 0.15) is 35.3 Å². The number of rotatable bonds is 6. The van der Waals surface area contributed by atoms with E-state index in [-0.39, 0.29) is 23.8 Å². The first-order valence-electron chi connectivity index (χ1n) is 11.8. The minimum absolute atomic E-state index is 0.0500. The minimum atomic E-state index is -2.62. The third kappa shape index (κ3) is 4.70. The number of piperidine rings is 1. The summed E-state index contributed by atoms with van der Waals surface area (Å²) in [4.78, 5) is 30.0. The lowest BCUT2D eigenvalue weighted by Crippen LogP contribution is -2.37. The number of benzene rings is 1. The highest BCUT2D eigenvalue weighted by molar-refractivity contribution is 7.19. The molecule has 36 heavy (non-hydrogen) atoms. The molecule has 0 amide bonds. The van der Waals surface area contributed by atoms with Crippen molar-refractivity contribution in [2.24, 2.45) is 7.05 Å². The average Bonchev–Trinajstić information content (AvgIpc) is 3.29. The molecule has 0 saturated carbocycles. The average molecular weight is 513 g/mol. The third-order valence-corrected chi connectivity index (χ3v) is 7.53. The van der Waals surface area contributed by atoms with E-state index >= 15 is 0 Å². The predicted octanol–water partition coefficient (Wildman–Crippen LogP) is 4.25. The van der Waals surface area contributed by atoms with Crippen LogP contribution in [0.15, 0.2) is 52.3 Å². The highest BCUT2D eigenvalue weighted by Gasteiger charge is 2.23. The van der Waals surface area contributed by atoms with E-state index < -0.39 is 12.1 Å². The molecule has 10 heteroatoms. The van der Waals surface area contributed by atoms with Gasteiger partial charge < -0.3 is 14.6 Å². The Balaban J connectivity index is 1.62. The van der Waals surface area contributed by atoms with Crippen molar-refractivity contribution in [3.8, 4) is 16.9 Å². The first-order chi connectivity index (χ1) is 17.3. The predicted molar refractivity (Wildman–Crippen MR) is 136 cm³/mol. The summed E-state index contributed by atoms with van der Waals surface area (Å²) in [5.41, 5.74) is 1.76. The van der Waals surface area contributed by atoms with Crippen LogP contribution in [0.25, 0.3) is 21.3 Å². The quantitative estimate of drug-likeness (QED) is 0.418. The van der Waals surface area contributed by atoms with Crippen LogP contribution >= 0.6 is 11.3 Å². The molecule has 3 aromatic heterocycles. The van der Waals surface area contributed by atoms with E-state index in [0.29, 0.717) is 28.9 Å². The number of pyridine rings is 1. The van der Waals surface area contributed by atoms with Gasteiger partial charge in [-0.2, -0.15) is 0 Å². The van der Waals surface area contributed by atoms with E-state index in [2.05, 4.69) is 10.3 Å². The number of aryl methyl sites for hydroxylation is 2. The second-order valence-electron chi connectivity index (χ2n) is 9.02. The van der Waals surface area contributed by atoms with Crippen LogP contribution in [0.3, 0.4) is 0 Å². The maximum absolute atomic E-state index is 13.8. The molecule has 1 aromatic carbocycles. The Kier molecular flexibility index (Phi) is 6.72. The van der Waals surface area contributed by atoms with Gasteiger partial charge in [0.2, 0.25) is 0 Å². The third-order valence-electron chi connectivity index (χ3n) is 6.39. The largest absolute Gasteiger partial charge is 0.488 e. The Hall–Kier alpha value is -3.37. The topological polar surface area (TPSA) is 78.2 Å². The van der Waals surface area contributed by atoms with Crippen molar-refractivity contribution in [2.45, 2.75) is 38.8 Å². The molecule has 4 aromatic rings. The smallest absolute Gasteiger partial charge is 0.331 e. The number of halogens is 2. The lowest BCUT2D eigenvalue weighted by molar-refractivity contribution is 0.150. The van der Waals surface area contributed by atoms with Crippen molar-refractivity contribution >= 4 is 21.6 Å². The Morgan fingerprint density at radius 1 is 1.22 bits per heavy atom. The molecule has 188 valence electrons. The summed E-state index contributed by atoms with van der Waals surface area (Å²) in [7, 11) is 1.59. The Morgan fingerprint density at radius 2 is 2.06 bits per heavy atom. The summed E-state index contributed by atoms with van der Waals surface area (Å²) in [5, 5.41) is 3.32. The molecule has 7 nitrogen and oxygen atoms in total. The van der Waals surface area contributed by atoms with Gasteiger partial charge in [-0.25, -0.2) is 13.6 Å². The van der Waals surface area contributed by atoms with Gasteiger partial charge in [0.25, 0.3) is 12.0 Å². The molecule has 1 aliphatic rings. The van der Waals surface area contributed by atoms with E-state index in [1.165, 1.54) is 40.3 Å². The summed E-state index contributed by atoms with van der Waals surface area (Å²) < 4.78 is 37.2. The van der Waals surface area contributed by atoms with Gasteiger partial charge in [0.1, 0.15) is 11.9 Å². The molecule has 1 N–H and O–H groups in total. The monoisotopic (exact) mass is 512 g/mol. The molecule has 0 bridgehead atoms. The lowest BCUT2D eigenvalue weighted by Gasteiger charge is -2.26. The molecule has 1 aliphatic heterocycles. The number of hydrogen-bond acceptors (Lipinski definition) is 6. The number of alkyl halides is 2. The van der Waals surface area contributed by atoms with Crippen LogP contribution in [0, 0.1) is 6.92 Å². The van der Waals surface area contributed by atoms with Crippen LogP contribution in [0.4, 0.5) is 8.78 Å². The fraction of sp³-hybridized carbons (Fsp3) is 0.346. The van der Waals surface area contributed by atoms with Crippen LogP contribution in [-0.4, -0.2) is 33.3 Å². The van der Waals surface area contributed by atoms with Crippen LogP contribution < -0.4 is 21.3 Å². The van der Waals surface area contributed by atoms with E-state index in [1.54, 1.807) is 26.2 Å². The van der Waals surface area contributed by atoms with Gasteiger partial charge >= 0.3 is 5.69 Å². The van der Waals surface area contributed by atoms with Crippen LogP contribution in [-0.2, 0) is 13.6 Å². The van der Waals surface area contributed by atoms with Crippen molar-refractivity contribution < 1.29 is 13.5 Å². The summed E-state index contributed by atoms with van der Waals surface area (Å²) in [6, 6.07) is 7.95. The van der Waals surface area contributed by atoms with Gasteiger partial charge in [-0.15, -0.1) is 11.3 Å². The molecule has 0 unspecified atom stereocenters. The summed E-state index contributed by atoms with van der Waals surface area (Å²) >= 11 is 1.39. The fourth-order valence-electron chi connectivity index (χ4n) is 4.56. The number of thiophene rings is 1. The van der Waals surface area contributed by atoms with E-state index in [9.17, 15) is 18.4 Å². The van der Waals surface area contributed by atoms with Crippen molar-refractivity contribution in [3.05, 3.63) is 79.6 Å². The van der Waals surface area contributed by atoms with Crippen molar-refractivity contribution in [2.75, 3.05) is 13.1 Å². The summed E-state index contributed by atoms with van der Waals surface area (Å²) in [6.07, 6.45) is 2.28. The molecule has 0 aliphatic carbocycles. The highest BCUT2D eigenvalue weighted by Crippen LogP contribution is 2.42. The zero-order chi connectivity index (χ0) is 25.4. The Morgan fingerprint density at radius 3 is 2.81 bits per heavy atom. The molecule has 0 spiro atoms. The normalized spacial score (nSPS) is 16.1. The first kappa shape index (κ1) is 24.3. The zero-order valence-electron chi connectivity index (χ0n) is 20.0. The minimum Gasteiger partial charge on any atom is -0.488 e. The number of aromatic nitrogens is 3. The second-order valence-corrected chi connectivity index (χ2v) is 10.2. The van der Waals surface area contributed by atoms with Crippen molar-refractivity contribution in [3.63, 3.8) is 0 Å². The summed E-state index contributed by atoms with van der Waals surface area (Å²) in [6.45, 7) is 3.52. The van der Waals surface area contributed by atoms with E-state index in [4.69, 9.17) is 4.74 Å². The number of nitrogens with zero attached hydrogens (tertiary/aromatic N) is 3. The van der Waals surface area contributed by atoms with E-state index in [1.807, 2.05) is 6.07 Å². The standard InChI is InChI=1S/C26H26F2N4O3S/c1-15-10-16(25(27)28)11-20(23(15)35-17-4-3-7-29-13-17)19-5-8-30-21-12-18(36-24(19)21)14-32-22(33)6-9-31(2)26(32)34/h5-6,8-12,17,25,29H,3-4,7,13-14H2,1-2H3/t17-/m0/s1. The fourth-order valence-corrected chi connectivity index (χ4v) is 5.69. The van der Waals surface area contributed by atoms with Gasteiger partial charge in [-0.3, -0.25) is 14.3 Å². The molecule has 4 heterocycles. The van der Waals surface area contributed by atoms with E-state index in [0.717, 1.165) is 39.1 Å². The molecular formula is C26H26F2N4O3S. The molecule has 1 saturated heterocycles. The van der Waals surface area contributed by atoms with Gasteiger partial charge in [-0.05, 0) is 56.1 Å². The van der Waals surface area contributed by atoms with Crippen LogP contribution in [0.5, 0.6) is 5.75 Å². The number of ether oxygens (including phenoxy) is 1. The van der Waals surface area contributed by atoms with Gasteiger partial charge in [0, 0.05) is 53.6 Å². The SMILES string of the molecule is Cc1cc(C(F)F)cc(-c2ccnc3cc(Cn4c(=O)ccn(C)c4=O)sc23)c1O[C@H]1CCCNC1. The van der Waals surface area contributed by atoms with Gasteiger partial charge in [-0.1, -0.05) is 0 Å². The number of nitrogens with one attached hydrogen (secondary N) is 1. The maximum Gasteiger partial charge on any atom is 0.331 e.